The minimum absolute atomic E-state index is 0.0400. The van der Waals surface area contributed by atoms with Crippen molar-refractivity contribution < 1.29 is 17.6 Å². The van der Waals surface area contributed by atoms with E-state index in [0.717, 1.165) is 31.0 Å². The first kappa shape index (κ1) is 23.7. The summed E-state index contributed by atoms with van der Waals surface area (Å²) in [6, 6.07) is 3.92. The van der Waals surface area contributed by atoms with E-state index in [0.29, 0.717) is 24.6 Å². The molecule has 4 rings (SSSR count). The first-order chi connectivity index (χ1) is 16.1. The Morgan fingerprint density at radius 1 is 1.21 bits per heavy atom. The van der Waals surface area contributed by atoms with Gasteiger partial charge in [-0.05, 0) is 44.9 Å². The molecule has 0 atom stereocenters. The largest absolute Gasteiger partial charge is 0.367 e. The highest BCUT2D eigenvalue weighted by molar-refractivity contribution is 7.90. The number of imidazole rings is 1. The SMILES string of the molecule is CC(C)NC(=O)N1CCC(Nc2cnc3c(Nc4ccc(S(C)(=O)=O)cc4F)nccn23)CC1. The summed E-state index contributed by atoms with van der Waals surface area (Å²) in [5.74, 6) is 0.394. The lowest BCUT2D eigenvalue weighted by Gasteiger charge is -2.33. The van der Waals surface area contributed by atoms with Crippen molar-refractivity contribution in [1.29, 1.82) is 0 Å². The van der Waals surface area contributed by atoms with Gasteiger partial charge in [0.1, 0.15) is 11.6 Å². The first-order valence-corrected chi connectivity index (χ1v) is 12.9. The van der Waals surface area contributed by atoms with Crippen molar-refractivity contribution in [2.75, 3.05) is 30.0 Å². The standard InChI is InChI=1S/C22H28FN7O3S/c1-14(2)26-22(31)29-9-6-15(7-10-29)27-19-13-25-21-20(24-8-11-30(19)21)28-18-5-4-16(12-17(18)23)34(3,32)33/h4-5,8,11-15,27H,6-7,9-10H2,1-3H3,(H,24,28)(H,26,31). The molecule has 34 heavy (non-hydrogen) atoms. The molecule has 1 aliphatic heterocycles. The van der Waals surface area contributed by atoms with E-state index in [1.54, 1.807) is 18.6 Å². The van der Waals surface area contributed by atoms with Crippen LogP contribution in [0.25, 0.3) is 5.65 Å². The number of hydrogen-bond acceptors (Lipinski definition) is 7. The second-order valence-electron chi connectivity index (χ2n) is 8.66. The maximum absolute atomic E-state index is 14.5. The van der Waals surface area contributed by atoms with Crippen LogP contribution in [-0.4, -0.2) is 65.1 Å². The van der Waals surface area contributed by atoms with Gasteiger partial charge < -0.3 is 20.9 Å². The monoisotopic (exact) mass is 489 g/mol. The number of anilines is 3. The van der Waals surface area contributed by atoms with Gasteiger partial charge in [0.2, 0.25) is 0 Å². The average molecular weight is 490 g/mol. The fourth-order valence-corrected chi connectivity index (χ4v) is 4.48. The minimum Gasteiger partial charge on any atom is -0.367 e. The lowest BCUT2D eigenvalue weighted by molar-refractivity contribution is 0.181. The number of nitrogens with one attached hydrogen (secondary N) is 3. The van der Waals surface area contributed by atoms with Gasteiger partial charge >= 0.3 is 6.03 Å². The number of rotatable bonds is 6. The van der Waals surface area contributed by atoms with Gasteiger partial charge in [-0.15, -0.1) is 0 Å². The van der Waals surface area contributed by atoms with Crippen molar-refractivity contribution >= 4 is 38.8 Å². The Hall–Kier alpha value is -3.41. The van der Waals surface area contributed by atoms with E-state index in [1.165, 1.54) is 12.1 Å². The van der Waals surface area contributed by atoms with Gasteiger partial charge in [0.25, 0.3) is 0 Å². The van der Waals surface area contributed by atoms with E-state index in [1.807, 2.05) is 23.1 Å². The van der Waals surface area contributed by atoms with Gasteiger partial charge in [0, 0.05) is 43.8 Å². The second-order valence-corrected chi connectivity index (χ2v) is 10.7. The topological polar surface area (TPSA) is 121 Å². The molecular weight excluding hydrogens is 461 g/mol. The van der Waals surface area contributed by atoms with Crippen molar-refractivity contribution in [3.8, 4) is 0 Å². The molecule has 12 heteroatoms. The third-order valence-electron chi connectivity index (χ3n) is 5.60. The van der Waals surface area contributed by atoms with Crippen molar-refractivity contribution in [1.82, 2.24) is 24.6 Å². The van der Waals surface area contributed by atoms with Gasteiger partial charge in [0.05, 0.1) is 16.8 Å². The van der Waals surface area contributed by atoms with Gasteiger partial charge in [-0.25, -0.2) is 27.6 Å². The molecule has 0 aliphatic carbocycles. The zero-order chi connectivity index (χ0) is 24.5. The summed E-state index contributed by atoms with van der Waals surface area (Å²) >= 11 is 0. The van der Waals surface area contributed by atoms with E-state index < -0.39 is 15.7 Å². The number of carbonyl (C=O) groups excluding carboxylic acids is 1. The summed E-state index contributed by atoms with van der Waals surface area (Å²) in [7, 11) is -3.51. The quantitative estimate of drug-likeness (QED) is 0.487. The predicted octanol–water partition coefficient (Wildman–Crippen LogP) is 3.01. The number of likely N-dealkylation sites (tertiary alicyclic amines) is 1. The maximum atomic E-state index is 14.5. The van der Waals surface area contributed by atoms with E-state index in [2.05, 4.69) is 25.9 Å². The number of hydrogen-bond donors (Lipinski definition) is 3. The van der Waals surface area contributed by atoms with Crippen molar-refractivity contribution in [2.45, 2.75) is 43.7 Å². The number of fused-ring (bicyclic) bond motifs is 1. The molecule has 1 aromatic carbocycles. The molecule has 0 spiro atoms. The number of sulfone groups is 1. The van der Waals surface area contributed by atoms with Crippen LogP contribution in [0, 0.1) is 5.82 Å². The molecule has 2 amide bonds. The van der Waals surface area contributed by atoms with E-state index in [9.17, 15) is 17.6 Å². The van der Waals surface area contributed by atoms with E-state index in [-0.39, 0.29) is 28.7 Å². The van der Waals surface area contributed by atoms with Gasteiger partial charge in [-0.3, -0.25) is 4.40 Å². The van der Waals surface area contributed by atoms with Crippen LogP contribution in [0.15, 0.2) is 41.7 Å². The molecule has 1 saturated heterocycles. The predicted molar refractivity (Wildman–Crippen MR) is 128 cm³/mol. The van der Waals surface area contributed by atoms with Crippen LogP contribution in [-0.2, 0) is 9.84 Å². The molecule has 3 heterocycles. The van der Waals surface area contributed by atoms with Crippen molar-refractivity contribution in [2.24, 2.45) is 0 Å². The van der Waals surface area contributed by atoms with Crippen LogP contribution in [0.4, 0.5) is 26.5 Å². The number of piperidine rings is 1. The minimum atomic E-state index is -3.51. The van der Waals surface area contributed by atoms with Crippen molar-refractivity contribution in [3.05, 3.63) is 42.6 Å². The molecule has 1 fully saturated rings. The Bertz CT molecular complexity index is 1300. The lowest BCUT2D eigenvalue weighted by Crippen LogP contribution is -2.48. The summed E-state index contributed by atoms with van der Waals surface area (Å²) in [5, 5.41) is 9.30. The highest BCUT2D eigenvalue weighted by Gasteiger charge is 2.24. The van der Waals surface area contributed by atoms with Crippen LogP contribution < -0.4 is 16.0 Å². The molecule has 0 saturated carbocycles. The molecule has 3 aromatic rings. The fraction of sp³-hybridized carbons (Fsp3) is 0.409. The maximum Gasteiger partial charge on any atom is 0.317 e. The number of benzene rings is 1. The summed E-state index contributed by atoms with van der Waals surface area (Å²) in [6.07, 6.45) is 7.64. The number of halogens is 1. The Kier molecular flexibility index (Phi) is 6.60. The van der Waals surface area contributed by atoms with E-state index >= 15 is 0 Å². The fourth-order valence-electron chi connectivity index (χ4n) is 3.84. The average Bonchev–Trinajstić information content (AvgIpc) is 3.18. The number of carbonyl (C=O) groups is 1. The second kappa shape index (κ2) is 9.45. The molecule has 0 radical (unpaired) electrons. The normalized spacial score (nSPS) is 15.0. The van der Waals surface area contributed by atoms with Crippen LogP contribution in [0.1, 0.15) is 26.7 Å². The molecule has 182 valence electrons. The van der Waals surface area contributed by atoms with Crippen LogP contribution in [0.3, 0.4) is 0 Å². The molecule has 1 aliphatic rings. The highest BCUT2D eigenvalue weighted by Crippen LogP contribution is 2.26. The third-order valence-corrected chi connectivity index (χ3v) is 6.71. The van der Waals surface area contributed by atoms with Gasteiger partial charge in [-0.2, -0.15) is 0 Å². The number of urea groups is 1. The Balaban J connectivity index is 1.46. The Morgan fingerprint density at radius 2 is 1.94 bits per heavy atom. The highest BCUT2D eigenvalue weighted by atomic mass is 32.2. The summed E-state index contributed by atoms with van der Waals surface area (Å²) in [4.78, 5) is 22.6. The lowest BCUT2D eigenvalue weighted by atomic mass is 10.1. The van der Waals surface area contributed by atoms with Gasteiger partial charge in [-0.1, -0.05) is 0 Å². The van der Waals surface area contributed by atoms with Crippen LogP contribution >= 0.6 is 0 Å². The van der Waals surface area contributed by atoms with Crippen LogP contribution in [0.2, 0.25) is 0 Å². The number of nitrogens with zero attached hydrogens (tertiary/aromatic N) is 4. The summed E-state index contributed by atoms with van der Waals surface area (Å²) in [5.41, 5.74) is 0.586. The molecule has 0 unspecified atom stereocenters. The van der Waals surface area contributed by atoms with Crippen molar-refractivity contribution in [3.63, 3.8) is 0 Å². The summed E-state index contributed by atoms with van der Waals surface area (Å²) in [6.45, 7) is 5.19. The summed E-state index contributed by atoms with van der Waals surface area (Å²) < 4.78 is 39.6. The zero-order valence-corrected chi connectivity index (χ0v) is 20.1. The Labute approximate surface area is 197 Å². The van der Waals surface area contributed by atoms with Crippen LogP contribution in [0.5, 0.6) is 0 Å². The van der Waals surface area contributed by atoms with E-state index in [4.69, 9.17) is 0 Å². The first-order valence-electron chi connectivity index (χ1n) is 11.0. The Morgan fingerprint density at radius 3 is 2.59 bits per heavy atom. The molecule has 0 bridgehead atoms. The number of aromatic nitrogens is 3. The molecule has 3 N–H and O–H groups in total. The third kappa shape index (κ3) is 5.22. The molecule has 2 aromatic heterocycles. The zero-order valence-electron chi connectivity index (χ0n) is 19.2. The van der Waals surface area contributed by atoms with Gasteiger partial charge in [0.15, 0.2) is 21.3 Å². The number of amides is 2. The smallest absolute Gasteiger partial charge is 0.317 e. The molecule has 10 nitrogen and oxygen atoms in total. The molecular formula is C22H28FN7O3S.